The number of nitrogens with two attached hydrogens (primary N) is 1. The molecule has 0 saturated carbocycles. The van der Waals surface area contributed by atoms with Gasteiger partial charge < -0.3 is 10.5 Å². The van der Waals surface area contributed by atoms with Gasteiger partial charge in [-0.25, -0.2) is 8.42 Å². The lowest BCUT2D eigenvalue weighted by Crippen LogP contribution is -2.59. The van der Waals surface area contributed by atoms with Crippen LogP contribution < -0.4 is 5.73 Å². The van der Waals surface area contributed by atoms with Crippen LogP contribution in [0, 0.1) is 0 Å². The van der Waals surface area contributed by atoms with E-state index < -0.39 is 9.84 Å². The van der Waals surface area contributed by atoms with Gasteiger partial charge in [0, 0.05) is 25.2 Å². The molecule has 0 radical (unpaired) electrons. The first-order valence-corrected chi connectivity index (χ1v) is 9.11. The van der Waals surface area contributed by atoms with Crippen molar-refractivity contribution in [2.24, 2.45) is 5.73 Å². The summed E-state index contributed by atoms with van der Waals surface area (Å²) >= 11 is 0. The molecule has 112 valence electrons. The molecule has 2 fully saturated rings. The molecule has 0 bridgehead atoms. The third-order valence-electron chi connectivity index (χ3n) is 4.64. The van der Waals surface area contributed by atoms with E-state index in [1.54, 1.807) is 0 Å². The van der Waals surface area contributed by atoms with Crippen LogP contribution in [0.15, 0.2) is 0 Å². The van der Waals surface area contributed by atoms with Crippen LogP contribution in [0.5, 0.6) is 0 Å². The maximum absolute atomic E-state index is 11.6. The van der Waals surface area contributed by atoms with Crippen LogP contribution in [0.4, 0.5) is 0 Å². The van der Waals surface area contributed by atoms with Crippen LogP contribution in [0.2, 0.25) is 0 Å². The zero-order valence-electron chi connectivity index (χ0n) is 11.8. The first kappa shape index (κ1) is 15.2. The summed E-state index contributed by atoms with van der Waals surface area (Å²) in [6.45, 7) is 5.29. The van der Waals surface area contributed by atoms with Gasteiger partial charge in [-0.1, -0.05) is 6.92 Å². The largest absolute Gasteiger partial charge is 0.377 e. The van der Waals surface area contributed by atoms with Gasteiger partial charge in [0.1, 0.15) is 9.84 Å². The first-order chi connectivity index (χ1) is 9.01. The Bertz CT molecular complexity index is 377. The molecule has 5 nitrogen and oxygen atoms in total. The molecule has 2 rings (SSSR count). The number of likely N-dealkylation sites (N-methyl/N-ethyl adjacent to an activating group) is 1. The molecule has 0 aliphatic carbocycles. The van der Waals surface area contributed by atoms with E-state index in [-0.39, 0.29) is 17.0 Å². The van der Waals surface area contributed by atoms with Crippen molar-refractivity contribution in [2.45, 2.75) is 44.2 Å². The average Bonchev–Trinajstić information content (AvgIpc) is 2.90. The van der Waals surface area contributed by atoms with Crippen molar-refractivity contribution in [1.82, 2.24) is 4.90 Å². The number of hydrogen-bond acceptors (Lipinski definition) is 5. The maximum Gasteiger partial charge on any atom is 0.150 e. The van der Waals surface area contributed by atoms with E-state index in [0.717, 1.165) is 32.5 Å². The molecular weight excluding hydrogens is 264 g/mol. The Morgan fingerprint density at radius 3 is 2.53 bits per heavy atom. The lowest BCUT2D eigenvalue weighted by atomic mass is 9.89. The van der Waals surface area contributed by atoms with Crippen LogP contribution in [0.1, 0.15) is 32.6 Å². The summed E-state index contributed by atoms with van der Waals surface area (Å²) < 4.78 is 29.0. The summed E-state index contributed by atoms with van der Waals surface area (Å²) in [5, 5.41) is 0. The Morgan fingerprint density at radius 2 is 2.05 bits per heavy atom. The molecule has 19 heavy (non-hydrogen) atoms. The number of sulfone groups is 1. The van der Waals surface area contributed by atoms with E-state index in [4.69, 9.17) is 10.5 Å². The van der Waals surface area contributed by atoms with Gasteiger partial charge in [0.2, 0.25) is 0 Å². The smallest absolute Gasteiger partial charge is 0.150 e. The van der Waals surface area contributed by atoms with Crippen LogP contribution in [-0.2, 0) is 14.6 Å². The summed E-state index contributed by atoms with van der Waals surface area (Å²) in [6.07, 6.45) is 3.85. The quantitative estimate of drug-likeness (QED) is 0.793. The van der Waals surface area contributed by atoms with E-state index >= 15 is 0 Å². The molecule has 0 spiro atoms. The molecule has 2 aliphatic rings. The predicted octanol–water partition coefficient (Wildman–Crippen LogP) is 0.393. The van der Waals surface area contributed by atoms with Gasteiger partial charge in [-0.3, -0.25) is 4.90 Å². The highest BCUT2D eigenvalue weighted by molar-refractivity contribution is 7.91. The van der Waals surface area contributed by atoms with Gasteiger partial charge in [-0.15, -0.1) is 0 Å². The molecule has 2 heterocycles. The molecule has 0 aromatic heterocycles. The van der Waals surface area contributed by atoms with Crippen molar-refractivity contribution in [2.75, 3.05) is 37.7 Å². The van der Waals surface area contributed by atoms with Crippen molar-refractivity contribution in [3.05, 3.63) is 0 Å². The fourth-order valence-corrected chi connectivity index (χ4v) is 4.85. The molecule has 2 N–H and O–H groups in total. The minimum absolute atomic E-state index is 0.147. The van der Waals surface area contributed by atoms with E-state index in [1.165, 1.54) is 0 Å². The fraction of sp³-hybridized carbons (Fsp3) is 1.00. The lowest BCUT2D eigenvalue weighted by molar-refractivity contribution is 0.0193. The second-order valence-corrected chi connectivity index (χ2v) is 8.06. The van der Waals surface area contributed by atoms with Crippen LogP contribution in [0.3, 0.4) is 0 Å². The van der Waals surface area contributed by atoms with Crippen molar-refractivity contribution in [3.8, 4) is 0 Å². The number of rotatable bonds is 5. The third-order valence-corrected chi connectivity index (χ3v) is 6.29. The molecule has 0 amide bonds. The molecule has 0 aromatic carbocycles. The van der Waals surface area contributed by atoms with Crippen LogP contribution in [0.25, 0.3) is 0 Å². The van der Waals surface area contributed by atoms with Crippen LogP contribution in [-0.4, -0.2) is 62.7 Å². The Hall–Kier alpha value is -0.170. The van der Waals surface area contributed by atoms with Crippen LogP contribution >= 0.6 is 0 Å². The van der Waals surface area contributed by atoms with Gasteiger partial charge in [0.15, 0.2) is 0 Å². The van der Waals surface area contributed by atoms with Crippen molar-refractivity contribution < 1.29 is 13.2 Å². The summed E-state index contributed by atoms with van der Waals surface area (Å²) in [5.41, 5.74) is 5.85. The highest BCUT2D eigenvalue weighted by atomic mass is 32.2. The zero-order valence-corrected chi connectivity index (χ0v) is 12.6. The SMILES string of the molecule is CCN(CC1CCCO1)C1(CN)CCS(=O)(=O)CC1. The Balaban J connectivity index is 2.05. The summed E-state index contributed by atoms with van der Waals surface area (Å²) in [5.74, 6) is 0.540. The van der Waals surface area contributed by atoms with Gasteiger partial charge in [-0.05, 0) is 32.2 Å². The minimum atomic E-state index is -2.85. The van der Waals surface area contributed by atoms with E-state index in [9.17, 15) is 8.42 Å². The maximum atomic E-state index is 11.6. The molecule has 1 atom stereocenters. The number of hydrogen-bond donors (Lipinski definition) is 1. The first-order valence-electron chi connectivity index (χ1n) is 7.28. The van der Waals surface area contributed by atoms with Gasteiger partial charge >= 0.3 is 0 Å². The van der Waals surface area contributed by atoms with Crippen molar-refractivity contribution >= 4 is 9.84 Å². The highest BCUT2D eigenvalue weighted by Gasteiger charge is 2.41. The minimum Gasteiger partial charge on any atom is -0.377 e. The van der Waals surface area contributed by atoms with Crippen molar-refractivity contribution in [3.63, 3.8) is 0 Å². The normalized spacial score (nSPS) is 29.7. The molecular formula is C13H26N2O3S. The Labute approximate surface area is 116 Å². The van der Waals surface area contributed by atoms with Crippen molar-refractivity contribution in [1.29, 1.82) is 0 Å². The van der Waals surface area contributed by atoms with E-state index in [1.807, 2.05) is 0 Å². The van der Waals surface area contributed by atoms with E-state index in [2.05, 4.69) is 11.8 Å². The lowest BCUT2D eigenvalue weighted by Gasteiger charge is -2.46. The van der Waals surface area contributed by atoms with Gasteiger partial charge in [-0.2, -0.15) is 0 Å². The summed E-state index contributed by atoms with van der Waals surface area (Å²) in [4.78, 5) is 2.36. The van der Waals surface area contributed by atoms with E-state index in [0.29, 0.717) is 25.5 Å². The molecule has 2 saturated heterocycles. The zero-order chi connectivity index (χ0) is 13.9. The molecule has 1 unspecified atom stereocenters. The fourth-order valence-electron chi connectivity index (χ4n) is 3.26. The molecule has 0 aromatic rings. The summed E-state index contributed by atoms with van der Waals surface area (Å²) in [7, 11) is -2.85. The average molecular weight is 290 g/mol. The second-order valence-electron chi connectivity index (χ2n) is 5.75. The topological polar surface area (TPSA) is 72.6 Å². The number of nitrogens with zero attached hydrogens (tertiary/aromatic N) is 1. The molecule has 2 aliphatic heterocycles. The standard InChI is InChI=1S/C13H26N2O3S/c1-2-15(10-12-4-3-7-18-12)13(11-14)5-8-19(16,17)9-6-13/h12H,2-11,14H2,1H3. The molecule has 6 heteroatoms. The summed E-state index contributed by atoms with van der Waals surface area (Å²) in [6, 6.07) is 0. The Kier molecular flexibility index (Phi) is 4.87. The van der Waals surface area contributed by atoms with Gasteiger partial charge in [0.25, 0.3) is 0 Å². The van der Waals surface area contributed by atoms with Gasteiger partial charge in [0.05, 0.1) is 17.6 Å². The number of ether oxygens (including phenoxy) is 1. The second kappa shape index (κ2) is 6.08. The highest BCUT2D eigenvalue weighted by Crippen LogP contribution is 2.30. The third kappa shape index (κ3) is 3.48. The monoisotopic (exact) mass is 290 g/mol. The Morgan fingerprint density at radius 1 is 1.37 bits per heavy atom. The predicted molar refractivity (Wildman–Crippen MR) is 75.9 cm³/mol.